The third-order valence-electron chi connectivity index (χ3n) is 1.85. The summed E-state index contributed by atoms with van der Waals surface area (Å²) in [5.74, 6) is 0.935. The Labute approximate surface area is 48.8 Å². The Morgan fingerprint density at radius 1 is 1.62 bits per heavy atom. The molecule has 2 nitrogen and oxygen atoms in total. The van der Waals surface area contributed by atoms with E-state index in [0.29, 0.717) is 6.04 Å². The number of hydrogen-bond acceptors (Lipinski definition) is 2. The van der Waals surface area contributed by atoms with Crippen molar-refractivity contribution < 1.29 is 0 Å². The summed E-state index contributed by atoms with van der Waals surface area (Å²) in [5.41, 5.74) is 6.52. The van der Waals surface area contributed by atoms with Gasteiger partial charge >= 0.3 is 0 Å². The number of rotatable bonds is 1. The molecule has 8 heavy (non-hydrogen) atoms. The van der Waals surface area contributed by atoms with Gasteiger partial charge in [-0.2, -0.15) is 0 Å². The lowest BCUT2D eigenvalue weighted by Gasteiger charge is -1.76. The highest BCUT2D eigenvalue weighted by atomic mass is 15.1. The molecule has 1 atom stereocenters. The molecule has 0 radical (unpaired) electrons. The molecule has 0 aromatic rings. The first-order valence-corrected chi connectivity index (χ1v) is 3.10. The average molecular weight is 110 g/mol. The van der Waals surface area contributed by atoms with Gasteiger partial charge in [0.15, 0.2) is 0 Å². The molecule has 2 fully saturated rings. The maximum atomic E-state index is 5.27. The molecule has 1 saturated heterocycles. The minimum absolute atomic E-state index is 0.681. The van der Waals surface area contributed by atoms with E-state index in [1.807, 2.05) is 0 Å². The molecular formula is C6H10N2. The first kappa shape index (κ1) is 4.24. The van der Waals surface area contributed by atoms with Crippen molar-refractivity contribution in [2.45, 2.75) is 18.9 Å². The molecule has 0 bridgehead atoms. The van der Waals surface area contributed by atoms with Gasteiger partial charge in [0.25, 0.3) is 0 Å². The maximum Gasteiger partial charge on any atom is 0.0700 e. The van der Waals surface area contributed by atoms with E-state index < -0.39 is 0 Å². The first-order chi connectivity index (χ1) is 3.92. The average Bonchev–Trinajstić information content (AvgIpc) is 2.62. The number of nitrogens with two attached hydrogens (primary N) is 1. The lowest BCUT2D eigenvalue weighted by atomic mass is 10.3. The monoisotopic (exact) mass is 110 g/mol. The zero-order valence-electron chi connectivity index (χ0n) is 4.72. The quantitative estimate of drug-likeness (QED) is 0.473. The van der Waals surface area contributed by atoms with Crippen molar-refractivity contribution in [1.29, 1.82) is 0 Å². The zero-order chi connectivity index (χ0) is 5.56. The van der Waals surface area contributed by atoms with Crippen molar-refractivity contribution >= 4 is 0 Å². The van der Waals surface area contributed by atoms with Crippen LogP contribution in [0, 0.1) is 5.92 Å². The fourth-order valence-corrected chi connectivity index (χ4v) is 1.09. The Bertz CT molecular complexity index is 135. The number of nitrogens with one attached hydrogen (secondary N) is 1. The van der Waals surface area contributed by atoms with Crippen LogP contribution in [0.25, 0.3) is 0 Å². The van der Waals surface area contributed by atoms with E-state index in [9.17, 15) is 0 Å². The standard InChI is InChI=1S/C6H10N2/c7-3-5-6(8-5)4-1-2-4/h3-4,6,8H,1-2,7H2/b5-3-. The van der Waals surface area contributed by atoms with Crippen LogP contribution in [0.3, 0.4) is 0 Å². The Morgan fingerprint density at radius 3 is 2.75 bits per heavy atom. The van der Waals surface area contributed by atoms with Gasteiger partial charge in [-0.15, -0.1) is 0 Å². The van der Waals surface area contributed by atoms with Gasteiger partial charge in [-0.25, -0.2) is 0 Å². The molecule has 2 aliphatic rings. The molecule has 2 heteroatoms. The normalized spacial score (nSPS) is 39.5. The fraction of sp³-hybridized carbons (Fsp3) is 0.667. The summed E-state index contributed by atoms with van der Waals surface area (Å²) in [4.78, 5) is 0. The van der Waals surface area contributed by atoms with Gasteiger partial charge in [0, 0.05) is 11.9 Å². The van der Waals surface area contributed by atoms with E-state index in [1.165, 1.54) is 18.5 Å². The van der Waals surface area contributed by atoms with Gasteiger partial charge in [-0.1, -0.05) is 0 Å². The van der Waals surface area contributed by atoms with E-state index in [2.05, 4.69) is 5.32 Å². The predicted octanol–water partition coefficient (Wildman–Crippen LogP) is 0.168. The molecule has 0 aromatic heterocycles. The smallest absolute Gasteiger partial charge is 0.0700 e. The minimum atomic E-state index is 0.681. The lowest BCUT2D eigenvalue weighted by molar-refractivity contribution is 0.814. The van der Waals surface area contributed by atoms with Gasteiger partial charge in [0.1, 0.15) is 0 Å². The zero-order valence-corrected chi connectivity index (χ0v) is 4.72. The van der Waals surface area contributed by atoms with E-state index in [1.54, 1.807) is 6.20 Å². The molecule has 1 unspecified atom stereocenters. The SMILES string of the molecule is N/C=C1\NC1C1CC1. The molecule has 1 aliphatic heterocycles. The molecular weight excluding hydrogens is 100 g/mol. The molecule has 2 rings (SSSR count). The fourth-order valence-electron chi connectivity index (χ4n) is 1.09. The van der Waals surface area contributed by atoms with Crippen molar-refractivity contribution in [3.8, 4) is 0 Å². The van der Waals surface area contributed by atoms with Crippen molar-refractivity contribution in [3.63, 3.8) is 0 Å². The van der Waals surface area contributed by atoms with E-state index >= 15 is 0 Å². The molecule has 44 valence electrons. The highest BCUT2D eigenvalue weighted by molar-refractivity contribution is 5.27. The molecule has 0 spiro atoms. The summed E-state index contributed by atoms with van der Waals surface area (Å²) in [6.45, 7) is 0. The van der Waals surface area contributed by atoms with Crippen molar-refractivity contribution in [1.82, 2.24) is 5.32 Å². The van der Waals surface area contributed by atoms with Crippen LogP contribution in [-0.2, 0) is 0 Å². The molecule has 0 amide bonds. The topological polar surface area (TPSA) is 48.0 Å². The Balaban J connectivity index is 1.95. The van der Waals surface area contributed by atoms with Crippen LogP contribution in [0.1, 0.15) is 12.8 Å². The van der Waals surface area contributed by atoms with Gasteiger partial charge in [0.05, 0.1) is 6.04 Å². The van der Waals surface area contributed by atoms with Crippen LogP contribution >= 0.6 is 0 Å². The summed E-state index contributed by atoms with van der Waals surface area (Å²) in [5, 5.41) is 3.22. The highest BCUT2D eigenvalue weighted by Crippen LogP contribution is 2.40. The van der Waals surface area contributed by atoms with Crippen LogP contribution < -0.4 is 11.1 Å². The van der Waals surface area contributed by atoms with Gasteiger partial charge < -0.3 is 11.1 Å². The molecule has 1 heterocycles. The van der Waals surface area contributed by atoms with Gasteiger partial charge in [-0.3, -0.25) is 0 Å². The van der Waals surface area contributed by atoms with E-state index in [4.69, 9.17) is 5.73 Å². The van der Waals surface area contributed by atoms with Crippen molar-refractivity contribution in [2.75, 3.05) is 0 Å². The van der Waals surface area contributed by atoms with Crippen LogP contribution in [0.4, 0.5) is 0 Å². The Morgan fingerprint density at radius 2 is 2.38 bits per heavy atom. The second kappa shape index (κ2) is 1.19. The molecule has 1 aliphatic carbocycles. The summed E-state index contributed by atoms with van der Waals surface area (Å²) in [7, 11) is 0. The minimum Gasteiger partial charge on any atom is -0.403 e. The second-order valence-corrected chi connectivity index (χ2v) is 2.58. The lowest BCUT2D eigenvalue weighted by Crippen LogP contribution is -1.89. The largest absolute Gasteiger partial charge is 0.403 e. The Hall–Kier alpha value is -0.660. The summed E-state index contributed by atoms with van der Waals surface area (Å²) < 4.78 is 0. The van der Waals surface area contributed by atoms with Crippen LogP contribution in [0.15, 0.2) is 11.9 Å². The first-order valence-electron chi connectivity index (χ1n) is 3.10. The molecule has 0 aromatic carbocycles. The van der Waals surface area contributed by atoms with Gasteiger partial charge in [0.2, 0.25) is 0 Å². The molecule has 1 saturated carbocycles. The second-order valence-electron chi connectivity index (χ2n) is 2.58. The summed E-state index contributed by atoms with van der Waals surface area (Å²) in [6.07, 6.45) is 4.48. The maximum absolute atomic E-state index is 5.27. The third kappa shape index (κ3) is 0.489. The summed E-state index contributed by atoms with van der Waals surface area (Å²) >= 11 is 0. The van der Waals surface area contributed by atoms with Crippen LogP contribution in [-0.4, -0.2) is 6.04 Å². The van der Waals surface area contributed by atoms with Crippen LogP contribution in [0.5, 0.6) is 0 Å². The van der Waals surface area contributed by atoms with Crippen molar-refractivity contribution in [2.24, 2.45) is 11.7 Å². The number of hydrogen-bond donors (Lipinski definition) is 2. The molecule has 3 N–H and O–H groups in total. The summed E-state index contributed by atoms with van der Waals surface area (Å²) in [6, 6.07) is 0.681. The predicted molar refractivity (Wildman–Crippen MR) is 31.9 cm³/mol. The van der Waals surface area contributed by atoms with Crippen LogP contribution in [0.2, 0.25) is 0 Å². The Kier molecular flexibility index (Phi) is 0.629. The highest BCUT2D eigenvalue weighted by Gasteiger charge is 2.42. The van der Waals surface area contributed by atoms with Gasteiger partial charge in [-0.05, 0) is 18.8 Å². The van der Waals surface area contributed by atoms with Crippen molar-refractivity contribution in [3.05, 3.63) is 11.9 Å². The van der Waals surface area contributed by atoms with E-state index in [0.717, 1.165) is 5.92 Å². The van der Waals surface area contributed by atoms with E-state index in [-0.39, 0.29) is 0 Å². The third-order valence-corrected chi connectivity index (χ3v) is 1.85.